The third-order valence-electron chi connectivity index (χ3n) is 3.22. The molecule has 19 heavy (non-hydrogen) atoms. The quantitative estimate of drug-likeness (QED) is 0.798. The van der Waals surface area contributed by atoms with E-state index in [2.05, 4.69) is 43.4 Å². The fourth-order valence-electron chi connectivity index (χ4n) is 1.93. The third kappa shape index (κ3) is 6.73. The summed E-state index contributed by atoms with van der Waals surface area (Å²) >= 11 is 0. The molecular formula is C15H25NO2S. The fraction of sp³-hybridized carbons (Fsp3) is 0.600. The van der Waals surface area contributed by atoms with Crippen molar-refractivity contribution in [1.29, 1.82) is 0 Å². The Balaban J connectivity index is 2.46. The summed E-state index contributed by atoms with van der Waals surface area (Å²) in [6, 6.07) is 8.77. The number of hydrogen-bond donors (Lipinski definition) is 1. The Morgan fingerprint density at radius 1 is 1.21 bits per heavy atom. The highest BCUT2D eigenvalue weighted by Crippen LogP contribution is 2.14. The summed E-state index contributed by atoms with van der Waals surface area (Å²) in [7, 11) is -2.88. The van der Waals surface area contributed by atoms with Gasteiger partial charge in [-0.2, -0.15) is 0 Å². The van der Waals surface area contributed by atoms with Crippen LogP contribution < -0.4 is 5.32 Å². The van der Waals surface area contributed by atoms with Gasteiger partial charge >= 0.3 is 0 Å². The zero-order valence-electron chi connectivity index (χ0n) is 12.1. The smallest absolute Gasteiger partial charge is 0.148 e. The standard InChI is InChI=1S/C15H25NO2S/c1-4-5-6-14-7-9-15(10-8-14)13(2)16-11-12-19(3,17)18/h7-10,13,16H,4-6,11-12H2,1-3H3. The molecular weight excluding hydrogens is 258 g/mol. The first-order valence-electron chi connectivity index (χ1n) is 6.92. The lowest BCUT2D eigenvalue weighted by Crippen LogP contribution is -2.25. The largest absolute Gasteiger partial charge is 0.309 e. The molecule has 1 unspecified atom stereocenters. The lowest BCUT2D eigenvalue weighted by Gasteiger charge is -2.14. The molecule has 1 aromatic rings. The van der Waals surface area contributed by atoms with E-state index in [4.69, 9.17) is 0 Å². The number of rotatable bonds is 8. The zero-order chi connectivity index (χ0) is 14.3. The second-order valence-electron chi connectivity index (χ2n) is 5.15. The summed E-state index contributed by atoms with van der Waals surface area (Å²) in [5.74, 6) is 0.186. The molecule has 0 bridgehead atoms. The molecule has 0 spiro atoms. The molecule has 1 rings (SSSR count). The molecule has 0 aromatic heterocycles. The molecule has 0 saturated carbocycles. The van der Waals surface area contributed by atoms with Gasteiger partial charge in [0.15, 0.2) is 0 Å². The van der Waals surface area contributed by atoms with Gasteiger partial charge in [0.1, 0.15) is 9.84 Å². The van der Waals surface area contributed by atoms with Crippen LogP contribution in [0.15, 0.2) is 24.3 Å². The zero-order valence-corrected chi connectivity index (χ0v) is 13.0. The summed E-state index contributed by atoms with van der Waals surface area (Å²) in [5, 5.41) is 3.24. The Bertz CT molecular complexity index is 465. The molecule has 1 atom stereocenters. The molecule has 0 fully saturated rings. The van der Waals surface area contributed by atoms with E-state index < -0.39 is 9.84 Å². The number of hydrogen-bond acceptors (Lipinski definition) is 3. The van der Waals surface area contributed by atoms with Gasteiger partial charge in [0.2, 0.25) is 0 Å². The normalized spacial score (nSPS) is 13.4. The topological polar surface area (TPSA) is 46.2 Å². The SMILES string of the molecule is CCCCc1ccc(C(C)NCCS(C)(=O)=O)cc1. The second kappa shape index (κ2) is 7.65. The van der Waals surface area contributed by atoms with Crippen molar-refractivity contribution in [3.8, 4) is 0 Å². The molecule has 0 radical (unpaired) electrons. The third-order valence-corrected chi connectivity index (χ3v) is 4.17. The highest BCUT2D eigenvalue weighted by atomic mass is 32.2. The Kier molecular flexibility index (Phi) is 6.52. The number of unbranched alkanes of at least 4 members (excludes halogenated alkanes) is 1. The van der Waals surface area contributed by atoms with Crippen molar-refractivity contribution in [2.45, 2.75) is 39.2 Å². The molecule has 3 nitrogen and oxygen atoms in total. The van der Waals surface area contributed by atoms with Crippen molar-refractivity contribution in [3.63, 3.8) is 0 Å². The van der Waals surface area contributed by atoms with E-state index >= 15 is 0 Å². The van der Waals surface area contributed by atoms with Crippen LogP contribution in [-0.4, -0.2) is 27.0 Å². The molecule has 0 amide bonds. The summed E-state index contributed by atoms with van der Waals surface area (Å²) in [6.45, 7) is 4.75. The molecule has 1 N–H and O–H groups in total. The van der Waals surface area contributed by atoms with Gasteiger partial charge in [-0.15, -0.1) is 0 Å². The van der Waals surface area contributed by atoms with Crippen LogP contribution in [0.2, 0.25) is 0 Å². The first-order chi connectivity index (χ1) is 8.92. The molecule has 0 aliphatic heterocycles. The summed E-state index contributed by atoms with van der Waals surface area (Å²) in [4.78, 5) is 0. The molecule has 0 heterocycles. The minimum absolute atomic E-state index is 0.182. The Morgan fingerprint density at radius 2 is 1.84 bits per heavy atom. The van der Waals surface area contributed by atoms with E-state index in [9.17, 15) is 8.42 Å². The average Bonchev–Trinajstić information content (AvgIpc) is 2.35. The lowest BCUT2D eigenvalue weighted by atomic mass is 10.0. The van der Waals surface area contributed by atoms with Crippen LogP contribution in [0.5, 0.6) is 0 Å². The van der Waals surface area contributed by atoms with Crippen molar-refractivity contribution in [1.82, 2.24) is 5.32 Å². The van der Waals surface area contributed by atoms with Crippen molar-refractivity contribution in [2.75, 3.05) is 18.6 Å². The minimum Gasteiger partial charge on any atom is -0.309 e. The predicted molar refractivity (Wildman–Crippen MR) is 81.2 cm³/mol. The van der Waals surface area contributed by atoms with Crippen molar-refractivity contribution >= 4 is 9.84 Å². The van der Waals surface area contributed by atoms with Crippen LogP contribution in [0.1, 0.15) is 43.9 Å². The fourth-order valence-corrected chi connectivity index (χ4v) is 2.42. The van der Waals surface area contributed by atoms with Crippen LogP contribution in [-0.2, 0) is 16.3 Å². The molecule has 0 aliphatic carbocycles. The second-order valence-corrected chi connectivity index (χ2v) is 7.41. The summed E-state index contributed by atoms with van der Waals surface area (Å²) in [5.41, 5.74) is 2.57. The van der Waals surface area contributed by atoms with Crippen LogP contribution in [0.3, 0.4) is 0 Å². The van der Waals surface area contributed by atoms with Gasteiger partial charge in [0, 0.05) is 18.8 Å². The Labute approximate surface area is 117 Å². The number of nitrogens with one attached hydrogen (secondary N) is 1. The van der Waals surface area contributed by atoms with Gasteiger partial charge in [0.25, 0.3) is 0 Å². The van der Waals surface area contributed by atoms with E-state index in [1.165, 1.54) is 30.2 Å². The van der Waals surface area contributed by atoms with Gasteiger partial charge in [-0.25, -0.2) is 8.42 Å². The van der Waals surface area contributed by atoms with Gasteiger partial charge < -0.3 is 5.32 Å². The molecule has 4 heteroatoms. The van der Waals surface area contributed by atoms with E-state index in [0.29, 0.717) is 6.54 Å². The van der Waals surface area contributed by atoms with E-state index in [1.807, 2.05) is 0 Å². The first-order valence-corrected chi connectivity index (χ1v) is 8.98. The van der Waals surface area contributed by atoms with Gasteiger partial charge in [0.05, 0.1) is 5.75 Å². The van der Waals surface area contributed by atoms with Crippen molar-refractivity contribution < 1.29 is 8.42 Å². The molecule has 1 aromatic carbocycles. The maximum atomic E-state index is 11.1. The number of aryl methyl sites for hydroxylation is 1. The van der Waals surface area contributed by atoms with E-state index in [1.54, 1.807) is 0 Å². The maximum Gasteiger partial charge on any atom is 0.148 e. The lowest BCUT2D eigenvalue weighted by molar-refractivity contribution is 0.575. The summed E-state index contributed by atoms with van der Waals surface area (Å²) in [6.07, 6.45) is 4.83. The monoisotopic (exact) mass is 283 g/mol. The molecule has 0 aliphatic rings. The van der Waals surface area contributed by atoms with Crippen LogP contribution in [0.25, 0.3) is 0 Å². The van der Waals surface area contributed by atoms with Crippen LogP contribution >= 0.6 is 0 Å². The van der Waals surface area contributed by atoms with Gasteiger partial charge in [-0.1, -0.05) is 37.6 Å². The average molecular weight is 283 g/mol. The highest BCUT2D eigenvalue weighted by molar-refractivity contribution is 7.90. The number of benzene rings is 1. The first kappa shape index (κ1) is 16.2. The van der Waals surface area contributed by atoms with Crippen molar-refractivity contribution in [3.05, 3.63) is 35.4 Å². The molecule has 0 saturated heterocycles. The maximum absolute atomic E-state index is 11.1. The Morgan fingerprint density at radius 3 is 2.37 bits per heavy atom. The van der Waals surface area contributed by atoms with Crippen LogP contribution in [0.4, 0.5) is 0 Å². The van der Waals surface area contributed by atoms with Gasteiger partial charge in [-0.05, 0) is 30.9 Å². The van der Waals surface area contributed by atoms with Gasteiger partial charge in [-0.3, -0.25) is 0 Å². The van der Waals surface area contributed by atoms with Crippen LogP contribution in [0, 0.1) is 0 Å². The minimum atomic E-state index is -2.88. The van der Waals surface area contributed by atoms with Crippen molar-refractivity contribution in [2.24, 2.45) is 0 Å². The predicted octanol–water partition coefficient (Wildman–Crippen LogP) is 2.72. The van der Waals surface area contributed by atoms with E-state index in [0.717, 1.165) is 6.42 Å². The summed E-state index contributed by atoms with van der Waals surface area (Å²) < 4.78 is 22.1. The molecule has 108 valence electrons. The highest BCUT2D eigenvalue weighted by Gasteiger charge is 2.07. The Hall–Kier alpha value is -0.870. The number of sulfone groups is 1. The van der Waals surface area contributed by atoms with E-state index in [-0.39, 0.29) is 11.8 Å².